The van der Waals surface area contributed by atoms with Gasteiger partial charge in [0.1, 0.15) is 5.82 Å². The van der Waals surface area contributed by atoms with Gasteiger partial charge in [0.15, 0.2) is 5.65 Å². The molecule has 6 nitrogen and oxygen atoms in total. The van der Waals surface area contributed by atoms with Crippen molar-refractivity contribution in [2.24, 2.45) is 0 Å². The third-order valence-electron chi connectivity index (χ3n) is 4.07. The summed E-state index contributed by atoms with van der Waals surface area (Å²) in [5.74, 6) is 1.27. The number of hydrogen-bond acceptors (Lipinski definition) is 5. The predicted octanol–water partition coefficient (Wildman–Crippen LogP) is 5.03. The van der Waals surface area contributed by atoms with Crippen molar-refractivity contribution in [1.82, 2.24) is 19.7 Å². The van der Waals surface area contributed by atoms with Crippen molar-refractivity contribution in [2.75, 3.05) is 17.2 Å². The Morgan fingerprint density at radius 1 is 1.00 bits per heavy atom. The van der Waals surface area contributed by atoms with E-state index in [-0.39, 0.29) is 0 Å². The Kier molecular flexibility index (Phi) is 4.89. The molecule has 0 aliphatic rings. The molecule has 0 amide bonds. The molecule has 0 atom stereocenters. The van der Waals surface area contributed by atoms with Crippen molar-refractivity contribution in [3.63, 3.8) is 0 Å². The fraction of sp³-hybridized carbons (Fsp3) is 0.150. The minimum atomic E-state index is 0.568. The van der Waals surface area contributed by atoms with E-state index in [0.29, 0.717) is 16.8 Å². The van der Waals surface area contributed by atoms with Gasteiger partial charge in [0.2, 0.25) is 5.95 Å². The Labute approximate surface area is 162 Å². The summed E-state index contributed by atoms with van der Waals surface area (Å²) in [5, 5.41) is 12.7. The molecule has 0 radical (unpaired) electrons. The summed E-state index contributed by atoms with van der Waals surface area (Å²) in [4.78, 5) is 9.33. The highest BCUT2D eigenvalue weighted by Gasteiger charge is 2.14. The number of anilines is 3. The molecule has 2 heterocycles. The third-order valence-corrected chi connectivity index (χ3v) is 4.32. The fourth-order valence-corrected chi connectivity index (χ4v) is 2.87. The molecule has 2 N–H and O–H groups in total. The maximum absolute atomic E-state index is 5.99. The maximum Gasteiger partial charge on any atom is 0.226 e. The first-order valence-electron chi connectivity index (χ1n) is 8.82. The molecule has 0 bridgehead atoms. The summed E-state index contributed by atoms with van der Waals surface area (Å²) in [6, 6.07) is 17.4. The molecular weight excluding hydrogens is 360 g/mol. The van der Waals surface area contributed by atoms with Crippen molar-refractivity contribution in [1.29, 1.82) is 0 Å². The van der Waals surface area contributed by atoms with Crippen LogP contribution in [0.2, 0.25) is 5.02 Å². The van der Waals surface area contributed by atoms with Gasteiger partial charge in [-0.2, -0.15) is 15.1 Å². The molecule has 0 unspecified atom stereocenters. The lowest BCUT2D eigenvalue weighted by Crippen LogP contribution is -2.07. The average Bonchev–Trinajstić information content (AvgIpc) is 3.13. The Balaban J connectivity index is 1.81. The molecule has 27 heavy (non-hydrogen) atoms. The lowest BCUT2D eigenvalue weighted by Gasteiger charge is -2.11. The summed E-state index contributed by atoms with van der Waals surface area (Å²) >= 11 is 5.99. The molecule has 7 heteroatoms. The van der Waals surface area contributed by atoms with Gasteiger partial charge in [-0.1, -0.05) is 36.7 Å². The van der Waals surface area contributed by atoms with E-state index in [1.165, 1.54) is 0 Å². The summed E-state index contributed by atoms with van der Waals surface area (Å²) < 4.78 is 1.82. The van der Waals surface area contributed by atoms with Gasteiger partial charge in [-0.3, -0.25) is 0 Å². The molecule has 0 aliphatic heterocycles. The molecule has 2 aromatic carbocycles. The van der Waals surface area contributed by atoms with Crippen LogP contribution in [-0.4, -0.2) is 26.3 Å². The maximum atomic E-state index is 5.99. The van der Waals surface area contributed by atoms with Gasteiger partial charge in [0.05, 0.1) is 17.3 Å². The number of halogens is 1. The van der Waals surface area contributed by atoms with Crippen molar-refractivity contribution < 1.29 is 0 Å². The quantitative estimate of drug-likeness (QED) is 0.492. The van der Waals surface area contributed by atoms with Gasteiger partial charge >= 0.3 is 0 Å². The molecule has 0 saturated carbocycles. The zero-order chi connectivity index (χ0) is 18.6. The van der Waals surface area contributed by atoms with Crippen LogP contribution in [0, 0.1) is 0 Å². The second kappa shape index (κ2) is 7.63. The zero-order valence-corrected chi connectivity index (χ0v) is 15.6. The molecule has 4 rings (SSSR count). The van der Waals surface area contributed by atoms with E-state index in [1.807, 2.05) is 59.3 Å². The number of benzene rings is 2. The molecule has 2 aromatic heterocycles. The minimum absolute atomic E-state index is 0.568. The molecular formula is C20H19ClN6. The van der Waals surface area contributed by atoms with E-state index >= 15 is 0 Å². The average molecular weight is 379 g/mol. The van der Waals surface area contributed by atoms with Gasteiger partial charge in [0.25, 0.3) is 0 Å². The van der Waals surface area contributed by atoms with E-state index in [2.05, 4.69) is 32.6 Å². The number of aromatic nitrogens is 4. The number of nitrogens with zero attached hydrogens (tertiary/aromatic N) is 4. The van der Waals surface area contributed by atoms with Gasteiger partial charge in [-0.15, -0.1) is 0 Å². The van der Waals surface area contributed by atoms with Crippen LogP contribution in [0.25, 0.3) is 16.7 Å². The van der Waals surface area contributed by atoms with Gasteiger partial charge in [-0.05, 0) is 42.8 Å². The largest absolute Gasteiger partial charge is 0.354 e. The summed E-state index contributed by atoms with van der Waals surface area (Å²) in [6.45, 7) is 2.90. The summed E-state index contributed by atoms with van der Waals surface area (Å²) in [6.07, 6.45) is 2.77. The molecule has 0 spiro atoms. The molecule has 0 saturated heterocycles. The first-order valence-corrected chi connectivity index (χ1v) is 9.20. The predicted molar refractivity (Wildman–Crippen MR) is 110 cm³/mol. The van der Waals surface area contributed by atoms with Gasteiger partial charge in [-0.25, -0.2) is 4.68 Å². The lowest BCUT2D eigenvalue weighted by molar-refractivity contribution is 0.892. The van der Waals surface area contributed by atoms with Crippen LogP contribution in [-0.2, 0) is 0 Å². The fourth-order valence-electron chi connectivity index (χ4n) is 2.75. The Hall–Kier alpha value is -3.12. The van der Waals surface area contributed by atoms with Crippen LogP contribution < -0.4 is 10.6 Å². The molecule has 136 valence electrons. The van der Waals surface area contributed by atoms with Crippen LogP contribution in [0.4, 0.5) is 17.5 Å². The first-order chi connectivity index (χ1) is 13.2. The second-order valence-corrected chi connectivity index (χ2v) is 6.52. The standard InChI is InChI=1S/C20H19ClN6/c1-2-12-22-20-25-18(24-15-10-8-14(21)9-11-15)17-13-23-27(19(17)26-20)16-6-4-3-5-7-16/h3-11,13H,2,12H2,1H3,(H2,22,24,25,26). The minimum Gasteiger partial charge on any atom is -0.354 e. The number of para-hydroxylation sites is 1. The summed E-state index contributed by atoms with van der Waals surface area (Å²) in [7, 11) is 0. The van der Waals surface area contributed by atoms with Crippen molar-refractivity contribution >= 4 is 40.1 Å². The van der Waals surface area contributed by atoms with Crippen molar-refractivity contribution in [2.45, 2.75) is 13.3 Å². The zero-order valence-electron chi connectivity index (χ0n) is 14.9. The van der Waals surface area contributed by atoms with Crippen molar-refractivity contribution in [3.8, 4) is 5.69 Å². The highest BCUT2D eigenvalue weighted by atomic mass is 35.5. The molecule has 0 aliphatic carbocycles. The Bertz CT molecular complexity index is 1040. The van der Waals surface area contributed by atoms with E-state index < -0.39 is 0 Å². The van der Waals surface area contributed by atoms with Crippen LogP contribution in [0.5, 0.6) is 0 Å². The topological polar surface area (TPSA) is 67.7 Å². The van der Waals surface area contributed by atoms with E-state index in [0.717, 1.165) is 35.4 Å². The smallest absolute Gasteiger partial charge is 0.226 e. The molecule has 0 fully saturated rings. The normalized spacial score (nSPS) is 10.9. The third kappa shape index (κ3) is 3.71. The lowest BCUT2D eigenvalue weighted by atomic mass is 10.3. The van der Waals surface area contributed by atoms with Crippen LogP contribution in [0.15, 0.2) is 60.8 Å². The van der Waals surface area contributed by atoms with E-state index in [1.54, 1.807) is 6.20 Å². The van der Waals surface area contributed by atoms with Gasteiger partial charge < -0.3 is 10.6 Å². The highest BCUT2D eigenvalue weighted by Crippen LogP contribution is 2.27. The number of nitrogens with one attached hydrogen (secondary N) is 2. The SMILES string of the molecule is CCCNc1nc(Nc2ccc(Cl)cc2)c2cnn(-c3ccccc3)c2n1. The second-order valence-electron chi connectivity index (χ2n) is 6.08. The highest BCUT2D eigenvalue weighted by molar-refractivity contribution is 6.30. The van der Waals surface area contributed by atoms with Crippen LogP contribution in [0.3, 0.4) is 0 Å². The number of rotatable bonds is 6. The summed E-state index contributed by atoms with van der Waals surface area (Å²) in [5.41, 5.74) is 2.59. The van der Waals surface area contributed by atoms with Crippen LogP contribution >= 0.6 is 11.6 Å². The van der Waals surface area contributed by atoms with E-state index in [9.17, 15) is 0 Å². The van der Waals surface area contributed by atoms with Crippen LogP contribution in [0.1, 0.15) is 13.3 Å². The monoisotopic (exact) mass is 378 g/mol. The van der Waals surface area contributed by atoms with E-state index in [4.69, 9.17) is 11.6 Å². The molecule has 4 aromatic rings. The number of fused-ring (bicyclic) bond motifs is 1. The Morgan fingerprint density at radius 3 is 2.52 bits per heavy atom. The Morgan fingerprint density at radius 2 is 1.78 bits per heavy atom. The van der Waals surface area contributed by atoms with Crippen molar-refractivity contribution in [3.05, 3.63) is 65.8 Å². The van der Waals surface area contributed by atoms with Gasteiger partial charge in [0, 0.05) is 17.3 Å². The number of hydrogen-bond donors (Lipinski definition) is 2. The first kappa shape index (κ1) is 17.3.